The van der Waals surface area contributed by atoms with Crippen LogP contribution in [0, 0.1) is 0 Å². The third-order valence-corrected chi connectivity index (χ3v) is 4.56. The second-order valence-electron chi connectivity index (χ2n) is 7.71. The molecule has 0 fully saturated rings. The van der Waals surface area contributed by atoms with Crippen LogP contribution in [-0.2, 0) is 15.0 Å². The maximum atomic E-state index is 12.3. The van der Waals surface area contributed by atoms with Crippen LogP contribution in [0.2, 0.25) is 5.02 Å². The highest BCUT2D eigenvalue weighted by Gasteiger charge is 2.16. The number of benzene rings is 2. The van der Waals surface area contributed by atoms with E-state index in [0.29, 0.717) is 22.2 Å². The molecule has 0 aliphatic rings. The van der Waals surface area contributed by atoms with Crippen molar-refractivity contribution in [3.63, 3.8) is 0 Å². The van der Waals surface area contributed by atoms with E-state index >= 15 is 0 Å². The Morgan fingerprint density at radius 2 is 1.76 bits per heavy atom. The Morgan fingerprint density at radius 3 is 2.34 bits per heavy atom. The maximum absolute atomic E-state index is 12.3. The molecule has 0 saturated heterocycles. The Bertz CT molecular complexity index is 860. The first-order valence-corrected chi connectivity index (χ1v) is 9.58. The van der Waals surface area contributed by atoms with Gasteiger partial charge in [0.25, 0.3) is 5.91 Å². The van der Waals surface area contributed by atoms with Gasteiger partial charge in [0, 0.05) is 12.1 Å². The van der Waals surface area contributed by atoms with Gasteiger partial charge >= 0.3 is 0 Å². The molecule has 0 aliphatic carbocycles. The van der Waals surface area contributed by atoms with E-state index in [4.69, 9.17) is 21.1 Å². The lowest BCUT2D eigenvalue weighted by Crippen LogP contribution is -2.37. The van der Waals surface area contributed by atoms with Gasteiger partial charge in [-0.15, -0.1) is 0 Å². The first kappa shape index (κ1) is 22.6. The van der Waals surface area contributed by atoms with Gasteiger partial charge in [-0.1, -0.05) is 44.5 Å². The number of anilines is 1. The fourth-order valence-electron chi connectivity index (χ4n) is 2.58. The summed E-state index contributed by atoms with van der Waals surface area (Å²) in [5.41, 5.74) is 1.68. The standard InChI is InChI=1S/C22H27ClN2O4/c1-22(2,3)15-6-9-17(10-7-15)29-14-21(27)25(4)13-20(26)24-18-12-16(23)8-11-19(18)28-5/h6-12H,13-14H2,1-5H3,(H,24,26). The zero-order chi connectivity index (χ0) is 21.6. The molecule has 0 radical (unpaired) electrons. The predicted molar refractivity (Wildman–Crippen MR) is 115 cm³/mol. The number of halogens is 1. The van der Waals surface area contributed by atoms with Crippen LogP contribution in [0.3, 0.4) is 0 Å². The van der Waals surface area contributed by atoms with Crippen molar-refractivity contribution < 1.29 is 19.1 Å². The highest BCUT2D eigenvalue weighted by atomic mass is 35.5. The van der Waals surface area contributed by atoms with E-state index in [1.165, 1.54) is 17.6 Å². The van der Waals surface area contributed by atoms with E-state index in [1.807, 2.05) is 24.3 Å². The summed E-state index contributed by atoms with van der Waals surface area (Å²) < 4.78 is 10.7. The zero-order valence-corrected chi connectivity index (χ0v) is 18.2. The van der Waals surface area contributed by atoms with Crippen LogP contribution in [0.1, 0.15) is 26.3 Å². The summed E-state index contributed by atoms with van der Waals surface area (Å²) in [5.74, 6) is 0.417. The third-order valence-electron chi connectivity index (χ3n) is 4.32. The lowest BCUT2D eigenvalue weighted by atomic mass is 9.87. The Labute approximate surface area is 176 Å². The van der Waals surface area contributed by atoms with Crippen LogP contribution in [0.5, 0.6) is 11.5 Å². The SMILES string of the molecule is COc1ccc(Cl)cc1NC(=O)CN(C)C(=O)COc1ccc(C(C)(C)C)cc1. The summed E-state index contributed by atoms with van der Waals surface area (Å²) >= 11 is 5.96. The number of methoxy groups -OCH3 is 1. The molecular weight excluding hydrogens is 392 g/mol. The molecule has 0 spiro atoms. The minimum atomic E-state index is -0.365. The molecule has 0 unspecified atom stereocenters. The van der Waals surface area contributed by atoms with Gasteiger partial charge in [0.1, 0.15) is 11.5 Å². The van der Waals surface area contributed by atoms with E-state index in [1.54, 1.807) is 25.2 Å². The molecule has 29 heavy (non-hydrogen) atoms. The summed E-state index contributed by atoms with van der Waals surface area (Å²) in [6, 6.07) is 12.6. The van der Waals surface area contributed by atoms with Crippen molar-refractivity contribution in [1.29, 1.82) is 0 Å². The summed E-state index contributed by atoms with van der Waals surface area (Å²) in [6.45, 7) is 6.11. The smallest absolute Gasteiger partial charge is 0.260 e. The molecule has 0 aromatic heterocycles. The normalized spacial score (nSPS) is 11.0. The Kier molecular flexibility index (Phi) is 7.51. The van der Waals surface area contributed by atoms with Gasteiger partial charge in [-0.3, -0.25) is 9.59 Å². The summed E-state index contributed by atoms with van der Waals surface area (Å²) in [6.07, 6.45) is 0. The average molecular weight is 419 g/mol. The first-order valence-electron chi connectivity index (χ1n) is 9.21. The van der Waals surface area contributed by atoms with Crippen molar-refractivity contribution in [2.45, 2.75) is 26.2 Å². The Balaban J connectivity index is 1.87. The number of carbonyl (C=O) groups excluding carboxylic acids is 2. The van der Waals surface area contributed by atoms with Gasteiger partial charge in [0.2, 0.25) is 5.91 Å². The molecule has 2 aromatic carbocycles. The summed E-state index contributed by atoms with van der Waals surface area (Å²) in [4.78, 5) is 25.9. The maximum Gasteiger partial charge on any atom is 0.260 e. The molecule has 0 heterocycles. The van der Waals surface area contributed by atoms with Crippen molar-refractivity contribution in [3.8, 4) is 11.5 Å². The van der Waals surface area contributed by atoms with Crippen LogP contribution in [-0.4, -0.2) is 44.0 Å². The molecule has 2 aromatic rings. The topological polar surface area (TPSA) is 67.9 Å². The number of hydrogen-bond donors (Lipinski definition) is 1. The Morgan fingerprint density at radius 1 is 1.10 bits per heavy atom. The van der Waals surface area contributed by atoms with Gasteiger partial charge in [-0.2, -0.15) is 0 Å². The molecule has 0 atom stereocenters. The fourth-order valence-corrected chi connectivity index (χ4v) is 2.75. The quantitative estimate of drug-likeness (QED) is 0.734. The first-order chi connectivity index (χ1) is 13.6. The number of rotatable bonds is 7. The molecule has 0 saturated carbocycles. The van der Waals surface area contributed by atoms with Gasteiger partial charge in [0.15, 0.2) is 6.61 Å². The number of likely N-dealkylation sites (N-methyl/N-ethyl adjacent to an activating group) is 1. The van der Waals surface area contributed by atoms with Crippen molar-refractivity contribution in [3.05, 3.63) is 53.1 Å². The van der Waals surface area contributed by atoms with E-state index < -0.39 is 0 Å². The largest absolute Gasteiger partial charge is 0.495 e. The van der Waals surface area contributed by atoms with Crippen LogP contribution >= 0.6 is 11.6 Å². The molecule has 0 aliphatic heterocycles. The molecule has 6 nitrogen and oxygen atoms in total. The predicted octanol–water partition coefficient (Wildman–Crippen LogP) is 4.12. The van der Waals surface area contributed by atoms with E-state index in [2.05, 4.69) is 26.1 Å². The second kappa shape index (κ2) is 9.65. The number of ether oxygens (including phenoxy) is 2. The lowest BCUT2D eigenvalue weighted by molar-refractivity contribution is -0.135. The van der Waals surface area contributed by atoms with Gasteiger partial charge in [-0.05, 0) is 41.3 Å². The van der Waals surface area contributed by atoms with Crippen molar-refractivity contribution in [2.75, 3.05) is 32.6 Å². The zero-order valence-electron chi connectivity index (χ0n) is 17.4. The summed E-state index contributed by atoms with van der Waals surface area (Å²) in [7, 11) is 3.04. The second-order valence-corrected chi connectivity index (χ2v) is 8.14. The van der Waals surface area contributed by atoms with Crippen molar-refractivity contribution >= 4 is 29.1 Å². The number of hydrogen-bond acceptors (Lipinski definition) is 4. The van der Waals surface area contributed by atoms with Gasteiger partial charge in [0.05, 0.1) is 19.3 Å². The third kappa shape index (κ3) is 6.68. The number of carbonyl (C=O) groups is 2. The van der Waals surface area contributed by atoms with Gasteiger partial charge in [-0.25, -0.2) is 0 Å². The molecular formula is C22H27ClN2O4. The molecule has 2 rings (SSSR count). The molecule has 0 bridgehead atoms. The minimum absolute atomic E-state index is 0.0492. The van der Waals surface area contributed by atoms with Crippen LogP contribution in [0.15, 0.2) is 42.5 Å². The van der Waals surface area contributed by atoms with E-state index in [-0.39, 0.29) is 30.4 Å². The minimum Gasteiger partial charge on any atom is -0.495 e. The van der Waals surface area contributed by atoms with Crippen LogP contribution in [0.25, 0.3) is 0 Å². The van der Waals surface area contributed by atoms with Crippen LogP contribution < -0.4 is 14.8 Å². The molecule has 156 valence electrons. The van der Waals surface area contributed by atoms with E-state index in [9.17, 15) is 9.59 Å². The molecule has 7 heteroatoms. The molecule has 2 amide bonds. The monoisotopic (exact) mass is 418 g/mol. The Hall–Kier alpha value is -2.73. The highest BCUT2D eigenvalue weighted by Crippen LogP contribution is 2.27. The van der Waals surface area contributed by atoms with Crippen molar-refractivity contribution in [1.82, 2.24) is 4.90 Å². The fraction of sp³-hybridized carbons (Fsp3) is 0.364. The van der Waals surface area contributed by atoms with Crippen LogP contribution in [0.4, 0.5) is 5.69 Å². The highest BCUT2D eigenvalue weighted by molar-refractivity contribution is 6.31. The lowest BCUT2D eigenvalue weighted by Gasteiger charge is -2.20. The van der Waals surface area contributed by atoms with Crippen molar-refractivity contribution in [2.24, 2.45) is 0 Å². The average Bonchev–Trinajstić information content (AvgIpc) is 2.65. The van der Waals surface area contributed by atoms with E-state index in [0.717, 1.165) is 0 Å². The molecule has 1 N–H and O–H groups in total. The number of nitrogens with zero attached hydrogens (tertiary/aromatic N) is 1. The van der Waals surface area contributed by atoms with Gasteiger partial charge < -0.3 is 19.7 Å². The summed E-state index contributed by atoms with van der Waals surface area (Å²) in [5, 5.41) is 3.17. The number of amides is 2. The number of nitrogens with one attached hydrogen (secondary N) is 1.